The molecule has 0 aliphatic heterocycles. The molecule has 7 nitrogen and oxygen atoms in total. The zero-order valence-electron chi connectivity index (χ0n) is 15.2. The minimum absolute atomic E-state index is 0.0664. The van der Waals surface area contributed by atoms with Crippen LogP contribution in [-0.2, 0) is 9.53 Å². The lowest BCUT2D eigenvalue weighted by Gasteiger charge is -2.18. The summed E-state index contributed by atoms with van der Waals surface area (Å²) in [6.07, 6.45) is 3.70. The van der Waals surface area contributed by atoms with Crippen LogP contribution >= 0.6 is 0 Å². The molecule has 0 aromatic heterocycles. The maximum Gasteiger partial charge on any atom is 0.407 e. The van der Waals surface area contributed by atoms with Crippen LogP contribution in [0.2, 0.25) is 0 Å². The Kier molecular flexibility index (Phi) is 10.3. The predicted molar refractivity (Wildman–Crippen MR) is 97.6 cm³/mol. The van der Waals surface area contributed by atoms with Gasteiger partial charge in [0.1, 0.15) is 5.75 Å². The quantitative estimate of drug-likeness (QED) is 0.525. The van der Waals surface area contributed by atoms with Crippen molar-refractivity contribution in [3.63, 3.8) is 0 Å². The number of phenolic OH excluding ortho intramolecular Hbond substituents is 1. The van der Waals surface area contributed by atoms with E-state index in [1.54, 1.807) is 12.1 Å². The van der Waals surface area contributed by atoms with Crippen LogP contribution in [0.4, 0.5) is 4.79 Å². The molecule has 26 heavy (non-hydrogen) atoms. The van der Waals surface area contributed by atoms with Crippen molar-refractivity contribution in [2.45, 2.75) is 44.9 Å². The minimum atomic E-state index is -0.637. The van der Waals surface area contributed by atoms with Gasteiger partial charge in [-0.1, -0.05) is 38.3 Å². The molecule has 2 amide bonds. The maximum absolute atomic E-state index is 12.4. The van der Waals surface area contributed by atoms with Gasteiger partial charge in [0.25, 0.3) is 0 Å². The molecule has 0 heterocycles. The van der Waals surface area contributed by atoms with E-state index in [1.807, 2.05) is 6.07 Å². The van der Waals surface area contributed by atoms with E-state index < -0.39 is 12.0 Å². The third kappa shape index (κ3) is 8.38. The molecule has 0 aliphatic carbocycles. The smallest absolute Gasteiger partial charge is 0.407 e. The number of carbonyl (C=O) groups is 2. The summed E-state index contributed by atoms with van der Waals surface area (Å²) < 4.78 is 5.11. The average molecular weight is 361 g/mol. The number of aromatic hydroxyl groups is 1. The van der Waals surface area contributed by atoms with Gasteiger partial charge in [0.05, 0.1) is 25.0 Å². The van der Waals surface area contributed by atoms with Crippen molar-refractivity contribution in [2.24, 2.45) is 0 Å². The van der Waals surface area contributed by atoms with Gasteiger partial charge in [0, 0.05) is 13.1 Å². The molecule has 7 heteroatoms. The number of phenols is 1. The Morgan fingerprint density at radius 2 is 1.92 bits per heavy atom. The van der Waals surface area contributed by atoms with Crippen molar-refractivity contribution in [3.8, 4) is 11.8 Å². The first-order valence-corrected chi connectivity index (χ1v) is 8.92. The molecule has 1 unspecified atom stereocenters. The summed E-state index contributed by atoms with van der Waals surface area (Å²) in [6.45, 7) is 2.77. The van der Waals surface area contributed by atoms with Crippen LogP contribution in [-0.4, -0.2) is 36.8 Å². The lowest BCUT2D eigenvalue weighted by atomic mass is 9.98. The number of unbranched alkanes of at least 4 members (excludes halogenated alkanes) is 3. The zero-order valence-corrected chi connectivity index (χ0v) is 15.2. The standard InChI is InChI=1S/C19H27N3O4/c1-2-3-4-5-13-26-19(25)22-14-17(18(24)21-12-6-11-20)15-7-9-16(23)10-8-15/h7-10,17,23H,2-6,12-14H2,1H3,(H,21,24)(H,22,25). The molecular formula is C19H27N3O4. The summed E-state index contributed by atoms with van der Waals surface area (Å²) in [5, 5.41) is 23.3. The van der Waals surface area contributed by atoms with Gasteiger partial charge in [0.15, 0.2) is 0 Å². The fourth-order valence-electron chi connectivity index (χ4n) is 2.36. The van der Waals surface area contributed by atoms with Gasteiger partial charge in [-0.3, -0.25) is 4.79 Å². The Labute approximate surface area is 154 Å². The molecular weight excluding hydrogens is 334 g/mol. The number of rotatable bonds is 11. The fraction of sp³-hybridized carbons (Fsp3) is 0.526. The van der Waals surface area contributed by atoms with Gasteiger partial charge in [-0.05, 0) is 24.1 Å². The van der Waals surface area contributed by atoms with Gasteiger partial charge in [-0.2, -0.15) is 5.26 Å². The zero-order chi connectivity index (χ0) is 19.2. The van der Waals surface area contributed by atoms with Crippen molar-refractivity contribution >= 4 is 12.0 Å². The molecule has 0 fully saturated rings. The highest BCUT2D eigenvalue weighted by Gasteiger charge is 2.21. The van der Waals surface area contributed by atoms with Crippen molar-refractivity contribution in [1.29, 1.82) is 5.26 Å². The molecule has 1 aromatic carbocycles. The molecule has 1 rings (SSSR count). The van der Waals surface area contributed by atoms with E-state index in [9.17, 15) is 14.7 Å². The average Bonchev–Trinajstić information content (AvgIpc) is 2.63. The number of benzene rings is 1. The molecule has 0 radical (unpaired) electrons. The van der Waals surface area contributed by atoms with E-state index in [-0.39, 0.29) is 31.2 Å². The third-order valence-electron chi connectivity index (χ3n) is 3.83. The topological polar surface area (TPSA) is 111 Å². The van der Waals surface area contributed by atoms with Gasteiger partial charge in [0.2, 0.25) is 5.91 Å². The van der Waals surface area contributed by atoms with Gasteiger partial charge < -0.3 is 20.5 Å². The van der Waals surface area contributed by atoms with Crippen LogP contribution < -0.4 is 10.6 Å². The Hall–Kier alpha value is -2.75. The number of nitriles is 1. The monoisotopic (exact) mass is 361 g/mol. The number of ether oxygens (including phenoxy) is 1. The number of alkyl carbamates (subject to hydrolysis) is 1. The number of nitrogens with one attached hydrogen (secondary N) is 2. The highest BCUT2D eigenvalue weighted by Crippen LogP contribution is 2.19. The first kappa shape index (κ1) is 21.3. The minimum Gasteiger partial charge on any atom is -0.508 e. The number of nitrogens with zero attached hydrogens (tertiary/aromatic N) is 1. The van der Waals surface area contributed by atoms with E-state index in [4.69, 9.17) is 10.00 Å². The van der Waals surface area contributed by atoms with Gasteiger partial charge in [-0.25, -0.2) is 4.79 Å². The van der Waals surface area contributed by atoms with E-state index >= 15 is 0 Å². The van der Waals surface area contributed by atoms with Gasteiger partial charge >= 0.3 is 6.09 Å². The van der Waals surface area contributed by atoms with Crippen molar-refractivity contribution in [3.05, 3.63) is 29.8 Å². The summed E-state index contributed by atoms with van der Waals surface area (Å²) >= 11 is 0. The van der Waals surface area contributed by atoms with E-state index in [0.29, 0.717) is 12.2 Å². The first-order valence-electron chi connectivity index (χ1n) is 8.92. The maximum atomic E-state index is 12.4. The van der Waals surface area contributed by atoms with Crippen molar-refractivity contribution in [1.82, 2.24) is 10.6 Å². The normalized spacial score (nSPS) is 11.2. The molecule has 142 valence electrons. The van der Waals surface area contributed by atoms with Crippen molar-refractivity contribution in [2.75, 3.05) is 19.7 Å². The van der Waals surface area contributed by atoms with Crippen LogP contribution in [0.5, 0.6) is 5.75 Å². The third-order valence-corrected chi connectivity index (χ3v) is 3.83. The summed E-state index contributed by atoms with van der Waals surface area (Å²) in [5.74, 6) is -0.840. The molecule has 0 saturated heterocycles. The Balaban J connectivity index is 2.56. The number of carbonyl (C=O) groups excluding carboxylic acids is 2. The molecule has 0 saturated carbocycles. The summed E-state index contributed by atoms with van der Waals surface area (Å²) in [6, 6.07) is 8.18. The molecule has 0 aliphatic rings. The van der Waals surface area contributed by atoms with Crippen LogP contribution in [0.25, 0.3) is 0 Å². The fourth-order valence-corrected chi connectivity index (χ4v) is 2.36. The molecule has 0 spiro atoms. The van der Waals surface area contributed by atoms with Gasteiger partial charge in [-0.15, -0.1) is 0 Å². The van der Waals surface area contributed by atoms with Crippen LogP contribution in [0, 0.1) is 11.3 Å². The second kappa shape index (κ2) is 12.6. The molecule has 1 atom stereocenters. The Morgan fingerprint density at radius 3 is 2.58 bits per heavy atom. The van der Waals surface area contributed by atoms with E-state index in [1.165, 1.54) is 12.1 Å². The number of amides is 2. The second-order valence-corrected chi connectivity index (χ2v) is 5.92. The second-order valence-electron chi connectivity index (χ2n) is 5.92. The predicted octanol–water partition coefficient (Wildman–Crippen LogP) is 2.81. The lowest BCUT2D eigenvalue weighted by Crippen LogP contribution is -2.38. The molecule has 0 bridgehead atoms. The summed E-state index contributed by atoms with van der Waals surface area (Å²) in [4.78, 5) is 24.2. The number of hydrogen-bond acceptors (Lipinski definition) is 5. The van der Waals surface area contributed by atoms with Crippen LogP contribution in [0.1, 0.15) is 50.5 Å². The highest BCUT2D eigenvalue weighted by atomic mass is 16.5. The Bertz CT molecular complexity index is 596. The lowest BCUT2D eigenvalue weighted by molar-refractivity contribution is -0.122. The number of hydrogen-bond donors (Lipinski definition) is 3. The van der Waals surface area contributed by atoms with E-state index in [0.717, 1.165) is 25.7 Å². The Morgan fingerprint density at radius 1 is 1.19 bits per heavy atom. The van der Waals surface area contributed by atoms with Crippen molar-refractivity contribution < 1.29 is 19.4 Å². The highest BCUT2D eigenvalue weighted by molar-refractivity contribution is 5.84. The van der Waals surface area contributed by atoms with E-state index in [2.05, 4.69) is 17.6 Å². The summed E-state index contributed by atoms with van der Waals surface area (Å²) in [5.41, 5.74) is 0.653. The first-order chi connectivity index (χ1) is 12.6. The molecule has 1 aromatic rings. The van der Waals surface area contributed by atoms with Crippen LogP contribution in [0.3, 0.4) is 0 Å². The van der Waals surface area contributed by atoms with Crippen LogP contribution in [0.15, 0.2) is 24.3 Å². The molecule has 3 N–H and O–H groups in total. The largest absolute Gasteiger partial charge is 0.508 e. The summed E-state index contributed by atoms with van der Waals surface area (Å²) in [7, 11) is 0. The SMILES string of the molecule is CCCCCCOC(=O)NCC(C(=O)NCCC#N)c1ccc(O)cc1.